The summed E-state index contributed by atoms with van der Waals surface area (Å²) in [7, 11) is 0. The Morgan fingerprint density at radius 1 is 0.824 bits per heavy atom. The lowest BCUT2D eigenvalue weighted by Crippen LogP contribution is -2.59. The van der Waals surface area contributed by atoms with Crippen LogP contribution in [0.15, 0.2) is 101 Å². The molecule has 5 heteroatoms. The van der Waals surface area contributed by atoms with E-state index in [4.69, 9.17) is 9.73 Å². The highest BCUT2D eigenvalue weighted by molar-refractivity contribution is 6.32. The predicted molar refractivity (Wildman–Crippen MR) is 131 cm³/mol. The van der Waals surface area contributed by atoms with Crippen LogP contribution in [0.3, 0.4) is 0 Å². The van der Waals surface area contributed by atoms with Crippen LogP contribution < -0.4 is 4.90 Å². The topological polar surface area (TPSA) is 59.0 Å². The second kappa shape index (κ2) is 8.10. The Kier molecular flexibility index (Phi) is 4.91. The number of aliphatic imine (C=N–C) groups is 1. The quantitative estimate of drug-likeness (QED) is 0.281. The summed E-state index contributed by atoms with van der Waals surface area (Å²) in [4.78, 5) is 34.5. The van der Waals surface area contributed by atoms with Crippen LogP contribution in [0.1, 0.15) is 48.0 Å². The van der Waals surface area contributed by atoms with Gasteiger partial charge < -0.3 is 4.74 Å². The smallest absolute Gasteiger partial charge is 0.346 e. The van der Waals surface area contributed by atoms with Crippen LogP contribution in [0.5, 0.6) is 0 Å². The third-order valence-electron chi connectivity index (χ3n) is 6.88. The number of Topliss-reactive ketones (excluding diaryl/α,β-unsaturated/α-hetero) is 1. The zero-order valence-corrected chi connectivity index (χ0v) is 18.7. The third-order valence-corrected chi connectivity index (χ3v) is 6.88. The van der Waals surface area contributed by atoms with Crippen LogP contribution in [0.25, 0.3) is 0 Å². The minimum atomic E-state index is -0.822. The Morgan fingerprint density at radius 3 is 2.21 bits per heavy atom. The van der Waals surface area contributed by atoms with E-state index in [0.29, 0.717) is 29.8 Å². The van der Waals surface area contributed by atoms with E-state index in [1.807, 2.05) is 60.7 Å². The van der Waals surface area contributed by atoms with Crippen molar-refractivity contribution in [2.45, 2.75) is 37.8 Å². The van der Waals surface area contributed by atoms with Crippen molar-refractivity contribution in [3.63, 3.8) is 0 Å². The average Bonchev–Trinajstić information content (AvgIpc) is 2.89. The van der Waals surface area contributed by atoms with E-state index in [9.17, 15) is 9.59 Å². The molecule has 1 saturated carbocycles. The molecule has 0 unspecified atom stereocenters. The molecular weight excluding hydrogens is 424 g/mol. The molecule has 168 valence electrons. The van der Waals surface area contributed by atoms with Crippen LogP contribution in [0.2, 0.25) is 0 Å². The number of benzene rings is 3. The molecule has 0 N–H and O–H groups in total. The van der Waals surface area contributed by atoms with Gasteiger partial charge in [0.15, 0.2) is 5.72 Å². The first kappa shape index (κ1) is 20.6. The number of ketones is 1. The number of carbonyl (C=O) groups is 2. The largest absolute Gasteiger partial charge is 0.435 e. The molecule has 6 rings (SSSR count). The Morgan fingerprint density at radius 2 is 1.47 bits per heavy atom. The molecule has 5 nitrogen and oxygen atoms in total. The number of esters is 1. The van der Waals surface area contributed by atoms with E-state index in [2.05, 4.69) is 4.90 Å². The second-order valence-corrected chi connectivity index (χ2v) is 8.97. The van der Waals surface area contributed by atoms with Crippen LogP contribution in [-0.4, -0.2) is 23.2 Å². The molecule has 2 heterocycles. The molecule has 3 aliphatic rings. The molecule has 3 aromatic rings. The average molecular weight is 449 g/mol. The molecular formula is C29H24N2O3. The van der Waals surface area contributed by atoms with Gasteiger partial charge in [0.05, 0.1) is 22.8 Å². The lowest BCUT2D eigenvalue weighted by molar-refractivity contribution is -0.159. The fraction of sp³-hybridized carbons (Fsp3) is 0.207. The summed E-state index contributed by atoms with van der Waals surface area (Å²) in [5, 5.41) is 0. The summed E-state index contributed by atoms with van der Waals surface area (Å²) in [6.45, 7) is 0. The van der Waals surface area contributed by atoms with E-state index in [0.717, 1.165) is 36.2 Å². The highest BCUT2D eigenvalue weighted by Gasteiger charge is 2.53. The Labute approximate surface area is 198 Å². The summed E-state index contributed by atoms with van der Waals surface area (Å²) >= 11 is 0. The standard InChI is InChI=1S/C29H24N2O3/c32-27(21-14-6-2-7-15-21)24-26-25(20-12-4-1-5-13-20)30-22-16-8-9-17-23(22)31(26)29(34-28(24)33)18-10-3-11-19-29/h1-2,4-9,12-17H,3,10-11,18-19H2. The maximum atomic E-state index is 13.8. The van der Waals surface area contributed by atoms with E-state index in [1.54, 1.807) is 24.3 Å². The van der Waals surface area contributed by atoms with Gasteiger partial charge in [0, 0.05) is 24.0 Å². The Hall–Kier alpha value is -3.99. The fourth-order valence-corrected chi connectivity index (χ4v) is 5.33. The molecule has 0 amide bonds. The second-order valence-electron chi connectivity index (χ2n) is 8.97. The zero-order valence-electron chi connectivity index (χ0n) is 18.7. The number of rotatable bonds is 3. The monoisotopic (exact) mass is 448 g/mol. The van der Waals surface area contributed by atoms with Gasteiger partial charge in [-0.2, -0.15) is 0 Å². The van der Waals surface area contributed by atoms with E-state index >= 15 is 0 Å². The summed E-state index contributed by atoms with van der Waals surface area (Å²) in [5.74, 6) is -0.913. The number of nitrogens with zero attached hydrogens (tertiary/aromatic N) is 2. The molecule has 1 fully saturated rings. The molecule has 0 atom stereocenters. The van der Waals surface area contributed by atoms with Crippen molar-refractivity contribution in [1.82, 2.24) is 0 Å². The highest BCUT2D eigenvalue weighted by atomic mass is 16.6. The number of hydrogen-bond acceptors (Lipinski definition) is 5. The lowest BCUT2D eigenvalue weighted by Gasteiger charge is -2.51. The van der Waals surface area contributed by atoms with Gasteiger partial charge in [0.2, 0.25) is 5.78 Å². The van der Waals surface area contributed by atoms with Gasteiger partial charge in [-0.15, -0.1) is 0 Å². The number of ether oxygens (including phenoxy) is 1. The minimum Gasteiger partial charge on any atom is -0.435 e. The van der Waals surface area contributed by atoms with Crippen molar-refractivity contribution >= 4 is 28.8 Å². The van der Waals surface area contributed by atoms with Crippen LogP contribution >= 0.6 is 0 Å². The van der Waals surface area contributed by atoms with Gasteiger partial charge in [0.25, 0.3) is 0 Å². The first-order valence-electron chi connectivity index (χ1n) is 11.8. The predicted octanol–water partition coefficient (Wildman–Crippen LogP) is 5.98. The van der Waals surface area contributed by atoms with Crippen molar-refractivity contribution in [2.75, 3.05) is 4.90 Å². The van der Waals surface area contributed by atoms with Crippen molar-refractivity contribution in [2.24, 2.45) is 4.99 Å². The molecule has 1 spiro atoms. The first-order valence-corrected chi connectivity index (χ1v) is 11.8. The number of anilines is 1. The summed E-state index contributed by atoms with van der Waals surface area (Å²) in [6, 6.07) is 26.6. The summed E-state index contributed by atoms with van der Waals surface area (Å²) < 4.78 is 6.23. The van der Waals surface area contributed by atoms with Crippen LogP contribution in [0, 0.1) is 0 Å². The number of allylic oxidation sites excluding steroid dienone is 1. The molecule has 0 bridgehead atoms. The molecule has 0 saturated heterocycles. The van der Waals surface area contributed by atoms with Gasteiger partial charge in [0.1, 0.15) is 5.57 Å². The first-order chi connectivity index (χ1) is 16.7. The van der Waals surface area contributed by atoms with Gasteiger partial charge >= 0.3 is 5.97 Å². The maximum Gasteiger partial charge on any atom is 0.346 e. The summed E-state index contributed by atoms with van der Waals surface area (Å²) in [5.41, 5.74) is 3.38. The van der Waals surface area contributed by atoms with Crippen LogP contribution in [-0.2, 0) is 9.53 Å². The Balaban J connectivity index is 1.67. The zero-order chi connectivity index (χ0) is 23.1. The van der Waals surface area contributed by atoms with Crippen molar-refractivity contribution in [1.29, 1.82) is 0 Å². The molecule has 1 aliphatic carbocycles. The van der Waals surface area contributed by atoms with Crippen LogP contribution in [0.4, 0.5) is 11.4 Å². The minimum absolute atomic E-state index is 0.0412. The van der Waals surface area contributed by atoms with Gasteiger partial charge in [-0.05, 0) is 25.0 Å². The molecule has 0 aromatic heterocycles. The summed E-state index contributed by atoms with van der Waals surface area (Å²) in [6.07, 6.45) is 4.44. The van der Waals surface area contributed by atoms with Crippen molar-refractivity contribution in [3.8, 4) is 0 Å². The van der Waals surface area contributed by atoms with Gasteiger partial charge in [-0.3, -0.25) is 9.69 Å². The number of carbonyl (C=O) groups excluding carboxylic acids is 2. The van der Waals surface area contributed by atoms with Crippen molar-refractivity contribution in [3.05, 3.63) is 107 Å². The molecule has 2 aliphatic heterocycles. The van der Waals surface area contributed by atoms with Crippen molar-refractivity contribution < 1.29 is 14.3 Å². The van der Waals surface area contributed by atoms with Gasteiger partial charge in [-0.25, -0.2) is 9.79 Å². The molecule has 34 heavy (non-hydrogen) atoms. The fourth-order valence-electron chi connectivity index (χ4n) is 5.33. The van der Waals surface area contributed by atoms with Gasteiger partial charge in [-0.1, -0.05) is 79.2 Å². The normalized spacial score (nSPS) is 18.6. The SMILES string of the molecule is O=C1OC2(CCCCC2)N2C(=C1C(=O)c1ccccc1)C(c1ccccc1)=Nc1ccccc12. The van der Waals surface area contributed by atoms with E-state index < -0.39 is 11.7 Å². The molecule has 0 radical (unpaired) electrons. The van der Waals surface area contributed by atoms with E-state index in [-0.39, 0.29) is 11.4 Å². The van der Waals surface area contributed by atoms with E-state index in [1.165, 1.54) is 0 Å². The highest BCUT2D eigenvalue weighted by Crippen LogP contribution is 2.50. The lowest BCUT2D eigenvalue weighted by atomic mass is 9.84. The number of fused-ring (bicyclic) bond motifs is 4. The molecule has 3 aromatic carbocycles. The Bertz CT molecular complexity index is 1340. The maximum absolute atomic E-state index is 13.8. The number of hydrogen-bond donors (Lipinski definition) is 0. The number of para-hydroxylation sites is 2. The third kappa shape index (κ3) is 3.19.